The molecule has 116 valence electrons. The smallest absolute Gasteiger partial charge is 0.221 e. The van der Waals surface area contributed by atoms with Crippen LogP contribution in [0.5, 0.6) is 11.5 Å². The van der Waals surface area contributed by atoms with Crippen molar-refractivity contribution in [2.75, 3.05) is 14.2 Å². The molecule has 0 fully saturated rings. The zero-order chi connectivity index (χ0) is 16.2. The normalized spacial score (nSPS) is 11.0. The van der Waals surface area contributed by atoms with Crippen LogP contribution in [0.25, 0.3) is 17.0 Å². The number of rotatable bonds is 5. The Hall–Kier alpha value is -3.01. The third-order valence-corrected chi connectivity index (χ3v) is 3.51. The Bertz CT molecular complexity index is 857. The van der Waals surface area contributed by atoms with Crippen LogP contribution >= 0.6 is 0 Å². The highest BCUT2D eigenvalue weighted by Crippen LogP contribution is 2.28. The number of fused-ring (bicyclic) bond motifs is 1. The topological polar surface area (TPSA) is 48.7 Å². The highest BCUT2D eigenvalue weighted by atomic mass is 16.5. The Balaban J connectivity index is 1.83. The number of hydrogen-bond donors (Lipinski definition) is 0. The molecule has 0 atom stereocenters. The summed E-state index contributed by atoms with van der Waals surface area (Å²) in [5.41, 5.74) is 1.49. The van der Waals surface area contributed by atoms with Crippen LogP contribution in [0.1, 0.15) is 16.1 Å². The lowest BCUT2D eigenvalue weighted by Gasteiger charge is -1.99. The van der Waals surface area contributed by atoms with Crippen molar-refractivity contribution in [2.24, 2.45) is 0 Å². The number of carbonyl (C=O) groups excluding carboxylic acids is 1. The Kier molecular flexibility index (Phi) is 4.15. The zero-order valence-corrected chi connectivity index (χ0v) is 12.9. The molecule has 0 unspecified atom stereocenters. The van der Waals surface area contributed by atoms with E-state index in [-0.39, 0.29) is 11.5 Å². The third-order valence-electron chi connectivity index (χ3n) is 3.51. The van der Waals surface area contributed by atoms with E-state index < -0.39 is 0 Å². The molecule has 0 saturated heterocycles. The van der Waals surface area contributed by atoms with E-state index in [4.69, 9.17) is 13.9 Å². The van der Waals surface area contributed by atoms with Crippen LogP contribution in [-0.2, 0) is 0 Å². The summed E-state index contributed by atoms with van der Waals surface area (Å²) in [4.78, 5) is 12.3. The summed E-state index contributed by atoms with van der Waals surface area (Å²) >= 11 is 0. The molecule has 23 heavy (non-hydrogen) atoms. The van der Waals surface area contributed by atoms with E-state index in [0.29, 0.717) is 11.3 Å². The summed E-state index contributed by atoms with van der Waals surface area (Å²) in [5.74, 6) is 1.48. The predicted octanol–water partition coefficient (Wildman–Crippen LogP) is 4.35. The van der Waals surface area contributed by atoms with Gasteiger partial charge in [-0.05, 0) is 35.9 Å². The maximum Gasteiger partial charge on any atom is 0.221 e. The number of furan rings is 1. The van der Waals surface area contributed by atoms with Crippen LogP contribution in [-0.4, -0.2) is 20.0 Å². The summed E-state index contributed by atoms with van der Waals surface area (Å²) in [6.07, 6.45) is 3.23. The molecule has 0 N–H and O–H groups in total. The van der Waals surface area contributed by atoms with Gasteiger partial charge in [0.1, 0.15) is 5.75 Å². The zero-order valence-electron chi connectivity index (χ0n) is 12.9. The number of benzene rings is 2. The second-order valence-electron chi connectivity index (χ2n) is 4.96. The minimum absolute atomic E-state index is 0.195. The molecule has 2 aromatic carbocycles. The van der Waals surface area contributed by atoms with Gasteiger partial charge >= 0.3 is 0 Å². The first-order valence-corrected chi connectivity index (χ1v) is 7.14. The largest absolute Gasteiger partial charge is 0.497 e. The van der Waals surface area contributed by atoms with Crippen LogP contribution in [0.15, 0.2) is 59.0 Å². The highest BCUT2D eigenvalue weighted by molar-refractivity contribution is 6.07. The number of ketones is 1. The lowest BCUT2D eigenvalue weighted by molar-refractivity contribution is 0.102. The predicted molar refractivity (Wildman–Crippen MR) is 89.1 cm³/mol. The number of carbonyl (C=O) groups is 1. The molecule has 0 aliphatic carbocycles. The van der Waals surface area contributed by atoms with Gasteiger partial charge < -0.3 is 13.9 Å². The highest BCUT2D eigenvalue weighted by Gasteiger charge is 2.12. The molecular formula is C19H16O4. The van der Waals surface area contributed by atoms with Gasteiger partial charge in [0.15, 0.2) is 17.1 Å². The summed E-state index contributed by atoms with van der Waals surface area (Å²) in [5, 5.41) is 0.838. The first kappa shape index (κ1) is 14.9. The molecule has 0 aliphatic rings. The van der Waals surface area contributed by atoms with Gasteiger partial charge in [0, 0.05) is 5.39 Å². The molecule has 0 amide bonds. The average molecular weight is 308 g/mol. The Morgan fingerprint density at radius 1 is 1.04 bits per heavy atom. The molecule has 3 rings (SSSR count). The van der Waals surface area contributed by atoms with Gasteiger partial charge in [-0.2, -0.15) is 0 Å². The van der Waals surface area contributed by atoms with E-state index in [9.17, 15) is 4.79 Å². The molecule has 3 aromatic rings. The summed E-state index contributed by atoms with van der Waals surface area (Å²) < 4.78 is 16.0. The second-order valence-corrected chi connectivity index (χ2v) is 4.96. The van der Waals surface area contributed by atoms with Gasteiger partial charge in [-0.25, -0.2) is 0 Å². The number of para-hydroxylation sites is 1. The quantitative estimate of drug-likeness (QED) is 0.519. The van der Waals surface area contributed by atoms with Crippen LogP contribution in [0, 0.1) is 0 Å². The lowest BCUT2D eigenvalue weighted by atomic mass is 10.1. The monoisotopic (exact) mass is 308 g/mol. The average Bonchev–Trinajstić information content (AvgIpc) is 3.04. The van der Waals surface area contributed by atoms with Crippen LogP contribution in [0.3, 0.4) is 0 Å². The van der Waals surface area contributed by atoms with Gasteiger partial charge in [-0.3, -0.25) is 4.79 Å². The van der Waals surface area contributed by atoms with Crippen molar-refractivity contribution in [1.82, 2.24) is 0 Å². The number of methoxy groups -OCH3 is 2. The van der Waals surface area contributed by atoms with Crippen molar-refractivity contribution < 1.29 is 18.7 Å². The Morgan fingerprint density at radius 2 is 1.83 bits per heavy atom. The summed E-state index contributed by atoms with van der Waals surface area (Å²) in [6.45, 7) is 0. The fourth-order valence-corrected chi connectivity index (χ4v) is 2.29. The Morgan fingerprint density at radius 3 is 2.52 bits per heavy atom. The molecule has 0 bridgehead atoms. The van der Waals surface area contributed by atoms with E-state index in [1.807, 2.05) is 36.4 Å². The van der Waals surface area contributed by atoms with Gasteiger partial charge in [-0.1, -0.05) is 30.3 Å². The van der Waals surface area contributed by atoms with Crippen LogP contribution in [0.4, 0.5) is 0 Å². The Labute approximate surface area is 133 Å². The molecular weight excluding hydrogens is 292 g/mol. The SMILES string of the molecule is COc1ccc(/C=C/C(=O)c2cc3cccc(OC)c3o2)cc1. The van der Waals surface area contributed by atoms with Crippen molar-refractivity contribution in [3.63, 3.8) is 0 Å². The van der Waals surface area contributed by atoms with Crippen molar-refractivity contribution in [2.45, 2.75) is 0 Å². The number of hydrogen-bond acceptors (Lipinski definition) is 4. The molecule has 1 heterocycles. The fourth-order valence-electron chi connectivity index (χ4n) is 2.29. The molecule has 1 aromatic heterocycles. The first-order chi connectivity index (χ1) is 11.2. The minimum atomic E-state index is -0.195. The van der Waals surface area contributed by atoms with Crippen molar-refractivity contribution in [1.29, 1.82) is 0 Å². The van der Waals surface area contributed by atoms with E-state index in [0.717, 1.165) is 16.7 Å². The van der Waals surface area contributed by atoms with Gasteiger partial charge in [0.25, 0.3) is 0 Å². The standard InChI is InChI=1S/C19H16O4/c1-21-15-9-6-13(7-10-15)8-11-16(20)18-12-14-4-3-5-17(22-2)19(14)23-18/h3-12H,1-2H3/b11-8+. The van der Waals surface area contributed by atoms with Crippen LogP contribution in [0.2, 0.25) is 0 Å². The van der Waals surface area contributed by atoms with E-state index in [2.05, 4.69) is 0 Å². The summed E-state index contributed by atoms with van der Waals surface area (Å²) in [7, 11) is 3.19. The van der Waals surface area contributed by atoms with Gasteiger partial charge in [0.2, 0.25) is 5.78 Å². The molecule has 0 saturated carbocycles. The van der Waals surface area contributed by atoms with E-state index in [1.165, 1.54) is 6.08 Å². The lowest BCUT2D eigenvalue weighted by Crippen LogP contribution is -1.90. The van der Waals surface area contributed by atoms with Crippen molar-refractivity contribution >= 4 is 22.8 Å². The maximum atomic E-state index is 12.3. The third kappa shape index (κ3) is 3.11. The van der Waals surface area contributed by atoms with Gasteiger partial charge in [-0.15, -0.1) is 0 Å². The van der Waals surface area contributed by atoms with Gasteiger partial charge in [0.05, 0.1) is 14.2 Å². The second kappa shape index (κ2) is 6.40. The fraction of sp³-hybridized carbons (Fsp3) is 0.105. The van der Waals surface area contributed by atoms with Crippen molar-refractivity contribution in [3.05, 3.63) is 65.9 Å². The minimum Gasteiger partial charge on any atom is -0.497 e. The van der Waals surface area contributed by atoms with Crippen LogP contribution < -0.4 is 9.47 Å². The molecule has 0 spiro atoms. The molecule has 0 aliphatic heterocycles. The van der Waals surface area contributed by atoms with E-state index in [1.54, 1.807) is 32.4 Å². The molecule has 0 radical (unpaired) electrons. The molecule has 4 nitrogen and oxygen atoms in total. The number of allylic oxidation sites excluding steroid dienone is 1. The van der Waals surface area contributed by atoms with E-state index >= 15 is 0 Å². The summed E-state index contributed by atoms with van der Waals surface area (Å²) in [6, 6.07) is 14.7. The molecule has 4 heteroatoms. The first-order valence-electron chi connectivity index (χ1n) is 7.14. The number of ether oxygens (including phenoxy) is 2. The maximum absolute atomic E-state index is 12.3. The van der Waals surface area contributed by atoms with Crippen molar-refractivity contribution in [3.8, 4) is 11.5 Å².